The van der Waals surface area contributed by atoms with Gasteiger partial charge >= 0.3 is 5.97 Å². The van der Waals surface area contributed by atoms with Crippen molar-refractivity contribution < 1.29 is 19.5 Å². The fourth-order valence-electron chi connectivity index (χ4n) is 2.32. The van der Waals surface area contributed by atoms with E-state index in [0.717, 1.165) is 0 Å². The van der Waals surface area contributed by atoms with Crippen molar-refractivity contribution in [3.63, 3.8) is 0 Å². The number of nitrogens with one attached hydrogen (secondary N) is 1. The summed E-state index contributed by atoms with van der Waals surface area (Å²) in [7, 11) is 1.72. The first-order valence-electron chi connectivity index (χ1n) is 6.45. The quantitative estimate of drug-likeness (QED) is 0.766. The van der Waals surface area contributed by atoms with Crippen LogP contribution in [0.1, 0.15) is 39.5 Å². The van der Waals surface area contributed by atoms with Crippen LogP contribution in [0.3, 0.4) is 0 Å². The van der Waals surface area contributed by atoms with Crippen LogP contribution in [-0.2, 0) is 14.4 Å². The van der Waals surface area contributed by atoms with Crippen molar-refractivity contribution in [2.45, 2.75) is 45.6 Å². The Bertz CT molecular complexity index is 379. The summed E-state index contributed by atoms with van der Waals surface area (Å²) in [6, 6.07) is -0.0316. The molecule has 0 saturated carbocycles. The Hall–Kier alpha value is -1.59. The van der Waals surface area contributed by atoms with Crippen LogP contribution >= 0.6 is 0 Å². The van der Waals surface area contributed by atoms with E-state index in [1.165, 1.54) is 0 Å². The molecule has 0 bridgehead atoms. The largest absolute Gasteiger partial charge is 0.481 e. The number of likely N-dealkylation sites (tertiary alicyclic amines) is 1. The van der Waals surface area contributed by atoms with Gasteiger partial charge in [-0.2, -0.15) is 0 Å². The van der Waals surface area contributed by atoms with E-state index < -0.39 is 11.4 Å². The number of carboxylic acid groups (broad SMARTS) is 1. The minimum absolute atomic E-state index is 0.0316. The van der Waals surface area contributed by atoms with Crippen LogP contribution in [0, 0.1) is 5.41 Å². The van der Waals surface area contributed by atoms with Gasteiger partial charge < -0.3 is 15.3 Å². The maximum atomic E-state index is 11.9. The highest BCUT2D eigenvalue weighted by atomic mass is 16.4. The zero-order valence-electron chi connectivity index (χ0n) is 11.7. The van der Waals surface area contributed by atoms with Crippen LogP contribution in [0.4, 0.5) is 0 Å². The highest BCUT2D eigenvalue weighted by Gasteiger charge is 2.28. The summed E-state index contributed by atoms with van der Waals surface area (Å²) in [5.74, 6) is -0.962. The average Bonchev–Trinajstić information content (AvgIpc) is 2.20. The van der Waals surface area contributed by atoms with Crippen LogP contribution in [0.25, 0.3) is 0 Å². The third-order valence-corrected chi connectivity index (χ3v) is 3.26. The fraction of sp³-hybridized carbons (Fsp3) is 0.769. The van der Waals surface area contributed by atoms with E-state index >= 15 is 0 Å². The van der Waals surface area contributed by atoms with E-state index in [0.29, 0.717) is 19.4 Å². The first-order valence-corrected chi connectivity index (χ1v) is 6.45. The number of carbonyl (C=O) groups is 3. The molecular formula is C13H22N2O4. The van der Waals surface area contributed by atoms with E-state index in [2.05, 4.69) is 5.32 Å². The second-order valence-electron chi connectivity index (χ2n) is 5.99. The number of carbonyl (C=O) groups excluding carboxylic acids is 2. The lowest BCUT2D eigenvalue weighted by Gasteiger charge is -2.31. The van der Waals surface area contributed by atoms with Gasteiger partial charge in [0.2, 0.25) is 11.8 Å². The molecule has 108 valence electrons. The van der Waals surface area contributed by atoms with Gasteiger partial charge in [0, 0.05) is 32.5 Å². The zero-order chi connectivity index (χ0) is 14.6. The smallest absolute Gasteiger partial charge is 0.303 e. The molecule has 1 rings (SSSR count). The van der Waals surface area contributed by atoms with Crippen molar-refractivity contribution in [2.24, 2.45) is 5.41 Å². The molecule has 0 aromatic heterocycles. The van der Waals surface area contributed by atoms with Gasteiger partial charge in [0.15, 0.2) is 0 Å². The number of aliphatic carboxylic acids is 1. The molecule has 2 N–H and O–H groups in total. The first-order chi connectivity index (χ1) is 8.69. The highest BCUT2D eigenvalue weighted by Crippen LogP contribution is 2.25. The molecular weight excluding hydrogens is 248 g/mol. The van der Waals surface area contributed by atoms with Gasteiger partial charge in [-0.1, -0.05) is 13.8 Å². The van der Waals surface area contributed by atoms with E-state index in [9.17, 15) is 14.4 Å². The van der Waals surface area contributed by atoms with Crippen LogP contribution in [0.15, 0.2) is 0 Å². The number of carboxylic acids is 1. The van der Waals surface area contributed by atoms with Crippen LogP contribution in [0.2, 0.25) is 0 Å². The molecule has 0 aromatic carbocycles. The zero-order valence-corrected chi connectivity index (χ0v) is 11.7. The molecule has 6 nitrogen and oxygen atoms in total. The van der Waals surface area contributed by atoms with E-state index in [1.807, 2.05) is 0 Å². The SMILES string of the molecule is CN1C[C@@H](NC(=O)CC(C)(C)CC(=O)O)CCC1=O. The van der Waals surface area contributed by atoms with Gasteiger partial charge in [-0.3, -0.25) is 14.4 Å². The summed E-state index contributed by atoms with van der Waals surface area (Å²) in [6.07, 6.45) is 1.23. The standard InChI is InChI=1S/C13H22N2O4/c1-13(2,7-12(18)19)6-10(16)14-9-4-5-11(17)15(3)8-9/h9H,4-8H2,1-3H3,(H,14,16)(H,18,19)/t9-/m0/s1. The Morgan fingerprint density at radius 1 is 1.42 bits per heavy atom. The molecule has 0 unspecified atom stereocenters. The Balaban J connectivity index is 2.43. The molecule has 1 saturated heterocycles. The molecule has 0 radical (unpaired) electrons. The third-order valence-electron chi connectivity index (χ3n) is 3.26. The fourth-order valence-corrected chi connectivity index (χ4v) is 2.32. The molecule has 1 heterocycles. The van der Waals surface area contributed by atoms with Crippen molar-refractivity contribution in [3.05, 3.63) is 0 Å². The van der Waals surface area contributed by atoms with Gasteiger partial charge in [0.1, 0.15) is 0 Å². The summed E-state index contributed by atoms with van der Waals surface area (Å²) in [5, 5.41) is 11.6. The molecule has 0 spiro atoms. The second kappa shape index (κ2) is 6.04. The molecule has 1 atom stereocenters. The van der Waals surface area contributed by atoms with Crippen molar-refractivity contribution in [1.82, 2.24) is 10.2 Å². The Kier molecular flexibility index (Phi) is 4.91. The van der Waals surface area contributed by atoms with Crippen molar-refractivity contribution in [2.75, 3.05) is 13.6 Å². The summed E-state index contributed by atoms with van der Waals surface area (Å²) in [4.78, 5) is 35.5. The Morgan fingerprint density at radius 3 is 2.58 bits per heavy atom. The molecule has 0 aliphatic carbocycles. The first kappa shape index (κ1) is 15.5. The lowest BCUT2D eigenvalue weighted by atomic mass is 9.85. The van der Waals surface area contributed by atoms with E-state index in [4.69, 9.17) is 5.11 Å². The molecule has 1 aliphatic heterocycles. The number of nitrogens with zero attached hydrogens (tertiary/aromatic N) is 1. The number of amides is 2. The summed E-state index contributed by atoms with van der Waals surface area (Å²) < 4.78 is 0. The van der Waals surface area contributed by atoms with Gasteiger partial charge in [-0.15, -0.1) is 0 Å². The minimum Gasteiger partial charge on any atom is -0.481 e. The molecule has 2 amide bonds. The number of hydrogen-bond donors (Lipinski definition) is 2. The van der Waals surface area contributed by atoms with E-state index in [-0.39, 0.29) is 30.7 Å². The normalized spacial score (nSPS) is 20.3. The van der Waals surface area contributed by atoms with Gasteiger partial charge in [0.25, 0.3) is 0 Å². The lowest BCUT2D eigenvalue weighted by Crippen LogP contribution is -2.49. The summed E-state index contributed by atoms with van der Waals surface area (Å²) in [6.45, 7) is 4.04. The summed E-state index contributed by atoms with van der Waals surface area (Å²) in [5.41, 5.74) is -0.563. The van der Waals surface area contributed by atoms with Gasteiger partial charge in [0.05, 0.1) is 6.42 Å². The predicted molar refractivity (Wildman–Crippen MR) is 69.5 cm³/mol. The number of hydrogen-bond acceptors (Lipinski definition) is 3. The topological polar surface area (TPSA) is 86.7 Å². The van der Waals surface area contributed by atoms with Crippen molar-refractivity contribution >= 4 is 17.8 Å². The Morgan fingerprint density at radius 2 is 2.05 bits per heavy atom. The van der Waals surface area contributed by atoms with E-state index in [1.54, 1.807) is 25.8 Å². The number of rotatable bonds is 5. The van der Waals surface area contributed by atoms with Gasteiger partial charge in [-0.05, 0) is 11.8 Å². The van der Waals surface area contributed by atoms with Crippen molar-refractivity contribution in [1.29, 1.82) is 0 Å². The van der Waals surface area contributed by atoms with Crippen molar-refractivity contribution in [3.8, 4) is 0 Å². The number of likely N-dealkylation sites (N-methyl/N-ethyl adjacent to an activating group) is 1. The monoisotopic (exact) mass is 270 g/mol. The Labute approximate surface area is 113 Å². The molecule has 1 aliphatic rings. The predicted octanol–water partition coefficient (Wildman–Crippen LogP) is 0.614. The number of piperidine rings is 1. The molecule has 1 fully saturated rings. The van der Waals surface area contributed by atoms with Crippen LogP contribution < -0.4 is 5.32 Å². The molecule has 6 heteroatoms. The van der Waals surface area contributed by atoms with Crippen LogP contribution in [0.5, 0.6) is 0 Å². The minimum atomic E-state index is -0.902. The second-order valence-corrected chi connectivity index (χ2v) is 5.99. The highest BCUT2D eigenvalue weighted by molar-refractivity contribution is 5.80. The maximum Gasteiger partial charge on any atom is 0.303 e. The summed E-state index contributed by atoms with van der Waals surface area (Å²) >= 11 is 0. The lowest BCUT2D eigenvalue weighted by molar-refractivity contribution is -0.140. The third kappa shape index (κ3) is 5.28. The maximum absolute atomic E-state index is 11.9. The molecule has 0 aromatic rings. The average molecular weight is 270 g/mol. The van der Waals surface area contributed by atoms with Crippen LogP contribution in [-0.4, -0.2) is 47.4 Å². The molecule has 19 heavy (non-hydrogen) atoms. The van der Waals surface area contributed by atoms with Gasteiger partial charge in [-0.25, -0.2) is 0 Å².